The smallest absolute Gasteiger partial charge is 0.203 e. The lowest BCUT2D eigenvalue weighted by atomic mass is 10.3. The third kappa shape index (κ3) is 5.03. The second-order valence-corrected chi connectivity index (χ2v) is 4.48. The third-order valence-electron chi connectivity index (χ3n) is 2.82. The SMILES string of the molecule is CC(C)N(C)CCCNCc1ccc(C#N)o1. The van der Waals surface area contributed by atoms with Gasteiger partial charge in [0.05, 0.1) is 6.54 Å². The van der Waals surface area contributed by atoms with E-state index in [0.29, 0.717) is 18.3 Å². The van der Waals surface area contributed by atoms with Crippen molar-refractivity contribution in [2.45, 2.75) is 32.9 Å². The van der Waals surface area contributed by atoms with Crippen molar-refractivity contribution in [1.82, 2.24) is 10.2 Å². The van der Waals surface area contributed by atoms with Gasteiger partial charge < -0.3 is 14.6 Å². The fourth-order valence-electron chi connectivity index (χ4n) is 1.46. The van der Waals surface area contributed by atoms with Crippen LogP contribution in [0.25, 0.3) is 0 Å². The van der Waals surface area contributed by atoms with Gasteiger partial charge in [-0.05, 0) is 52.5 Å². The van der Waals surface area contributed by atoms with Crippen molar-refractivity contribution in [3.63, 3.8) is 0 Å². The predicted octanol–water partition coefficient (Wildman–Crippen LogP) is 1.97. The van der Waals surface area contributed by atoms with Gasteiger partial charge in [0, 0.05) is 6.04 Å². The van der Waals surface area contributed by atoms with Crippen LogP contribution in [0.2, 0.25) is 0 Å². The van der Waals surface area contributed by atoms with Crippen molar-refractivity contribution in [2.75, 3.05) is 20.1 Å². The average Bonchev–Trinajstić information content (AvgIpc) is 2.76. The number of hydrogen-bond acceptors (Lipinski definition) is 4. The van der Waals surface area contributed by atoms with E-state index in [4.69, 9.17) is 9.68 Å². The minimum atomic E-state index is 0.376. The molecule has 17 heavy (non-hydrogen) atoms. The van der Waals surface area contributed by atoms with Gasteiger partial charge in [-0.2, -0.15) is 5.26 Å². The van der Waals surface area contributed by atoms with Gasteiger partial charge in [-0.25, -0.2) is 0 Å². The standard InChI is InChI=1S/C13H21N3O/c1-11(2)16(3)8-4-7-15-10-13-6-5-12(9-14)17-13/h5-6,11,15H,4,7-8,10H2,1-3H3. The van der Waals surface area contributed by atoms with Crippen LogP contribution in [-0.4, -0.2) is 31.1 Å². The Morgan fingerprint density at radius 2 is 2.24 bits per heavy atom. The van der Waals surface area contributed by atoms with Crippen molar-refractivity contribution >= 4 is 0 Å². The highest BCUT2D eigenvalue weighted by Crippen LogP contribution is 2.05. The Kier molecular flexibility index (Phi) is 5.75. The maximum absolute atomic E-state index is 8.60. The summed E-state index contributed by atoms with van der Waals surface area (Å²) in [7, 11) is 2.14. The van der Waals surface area contributed by atoms with E-state index in [-0.39, 0.29) is 0 Å². The number of nitriles is 1. The Bertz CT molecular complexity index is 365. The molecule has 0 spiro atoms. The molecule has 1 rings (SSSR count). The first-order chi connectivity index (χ1) is 8.13. The molecule has 0 aliphatic heterocycles. The van der Waals surface area contributed by atoms with Crippen molar-refractivity contribution < 1.29 is 4.42 Å². The molecule has 0 bridgehead atoms. The molecule has 0 aromatic carbocycles. The van der Waals surface area contributed by atoms with E-state index in [1.165, 1.54) is 0 Å². The van der Waals surface area contributed by atoms with Crippen LogP contribution < -0.4 is 5.32 Å². The molecule has 0 aliphatic rings. The van der Waals surface area contributed by atoms with Crippen LogP contribution in [0.3, 0.4) is 0 Å². The number of nitrogens with one attached hydrogen (secondary N) is 1. The van der Waals surface area contributed by atoms with Gasteiger partial charge in [0.1, 0.15) is 11.8 Å². The summed E-state index contributed by atoms with van der Waals surface area (Å²) in [6, 6.07) is 6.11. The number of rotatable bonds is 7. The molecule has 1 aromatic heterocycles. The minimum Gasteiger partial charge on any atom is -0.449 e. The molecule has 1 aromatic rings. The average molecular weight is 235 g/mol. The molecule has 0 fully saturated rings. The van der Waals surface area contributed by atoms with Gasteiger partial charge in [0.25, 0.3) is 0 Å². The Balaban J connectivity index is 2.10. The molecule has 0 amide bonds. The Morgan fingerprint density at radius 3 is 2.82 bits per heavy atom. The molecule has 0 aliphatic carbocycles. The van der Waals surface area contributed by atoms with E-state index in [9.17, 15) is 0 Å². The summed E-state index contributed by atoms with van der Waals surface area (Å²) in [4.78, 5) is 2.32. The van der Waals surface area contributed by atoms with Crippen molar-refractivity contribution in [1.29, 1.82) is 5.26 Å². The normalized spacial score (nSPS) is 11.1. The highest BCUT2D eigenvalue weighted by atomic mass is 16.3. The zero-order valence-electron chi connectivity index (χ0n) is 10.9. The van der Waals surface area contributed by atoms with Gasteiger partial charge in [0.2, 0.25) is 5.76 Å². The van der Waals surface area contributed by atoms with Crippen LogP contribution in [0.4, 0.5) is 0 Å². The van der Waals surface area contributed by atoms with E-state index in [2.05, 4.69) is 31.1 Å². The summed E-state index contributed by atoms with van der Waals surface area (Å²) in [5.41, 5.74) is 0. The minimum absolute atomic E-state index is 0.376. The lowest BCUT2D eigenvalue weighted by Gasteiger charge is -2.20. The predicted molar refractivity (Wildman–Crippen MR) is 67.5 cm³/mol. The topological polar surface area (TPSA) is 52.2 Å². The molecule has 0 saturated heterocycles. The highest BCUT2D eigenvalue weighted by Gasteiger charge is 2.02. The van der Waals surface area contributed by atoms with Gasteiger partial charge in [0.15, 0.2) is 0 Å². The third-order valence-corrected chi connectivity index (χ3v) is 2.82. The number of nitrogens with zero attached hydrogens (tertiary/aromatic N) is 2. The van der Waals surface area contributed by atoms with Crippen LogP contribution in [0.5, 0.6) is 0 Å². The molecule has 0 radical (unpaired) electrons. The van der Waals surface area contributed by atoms with Crippen LogP contribution in [0.15, 0.2) is 16.5 Å². The molecule has 0 saturated carbocycles. The second-order valence-electron chi connectivity index (χ2n) is 4.48. The highest BCUT2D eigenvalue weighted by molar-refractivity contribution is 5.18. The zero-order chi connectivity index (χ0) is 12.7. The summed E-state index contributed by atoms with van der Waals surface area (Å²) >= 11 is 0. The van der Waals surface area contributed by atoms with Crippen LogP contribution in [-0.2, 0) is 6.54 Å². The van der Waals surface area contributed by atoms with E-state index < -0.39 is 0 Å². The van der Waals surface area contributed by atoms with Gasteiger partial charge in [-0.15, -0.1) is 0 Å². The number of furan rings is 1. The van der Waals surface area contributed by atoms with E-state index in [1.54, 1.807) is 6.07 Å². The Hall–Kier alpha value is -1.31. The van der Waals surface area contributed by atoms with Crippen molar-refractivity contribution in [3.05, 3.63) is 23.7 Å². The molecular formula is C13H21N3O. The first-order valence-corrected chi connectivity index (χ1v) is 6.03. The summed E-state index contributed by atoms with van der Waals surface area (Å²) < 4.78 is 5.26. The van der Waals surface area contributed by atoms with Gasteiger partial charge in [-0.1, -0.05) is 0 Å². The van der Waals surface area contributed by atoms with Crippen LogP contribution >= 0.6 is 0 Å². The largest absolute Gasteiger partial charge is 0.449 e. The van der Waals surface area contributed by atoms with Crippen molar-refractivity contribution in [2.24, 2.45) is 0 Å². The van der Waals surface area contributed by atoms with Crippen molar-refractivity contribution in [3.8, 4) is 6.07 Å². The quantitative estimate of drug-likeness (QED) is 0.734. The molecular weight excluding hydrogens is 214 g/mol. The summed E-state index contributed by atoms with van der Waals surface area (Å²) in [6.07, 6.45) is 1.11. The second kappa shape index (κ2) is 7.10. The lowest BCUT2D eigenvalue weighted by Crippen LogP contribution is -2.29. The lowest BCUT2D eigenvalue weighted by molar-refractivity contribution is 0.269. The summed E-state index contributed by atoms with van der Waals surface area (Å²) in [5, 5.41) is 11.9. The fourth-order valence-corrected chi connectivity index (χ4v) is 1.46. The summed E-state index contributed by atoms with van der Waals surface area (Å²) in [5.74, 6) is 1.19. The monoisotopic (exact) mass is 235 g/mol. The van der Waals surface area contributed by atoms with Gasteiger partial charge >= 0.3 is 0 Å². The molecule has 4 heteroatoms. The first-order valence-electron chi connectivity index (χ1n) is 6.03. The van der Waals surface area contributed by atoms with Gasteiger partial charge in [-0.3, -0.25) is 0 Å². The zero-order valence-corrected chi connectivity index (χ0v) is 10.9. The van der Waals surface area contributed by atoms with Crippen LogP contribution in [0.1, 0.15) is 31.8 Å². The van der Waals surface area contributed by atoms with E-state index >= 15 is 0 Å². The fraction of sp³-hybridized carbons (Fsp3) is 0.615. The summed E-state index contributed by atoms with van der Waals surface area (Å²) in [6.45, 7) is 7.12. The first kappa shape index (κ1) is 13.8. The molecule has 1 heterocycles. The molecule has 0 unspecified atom stereocenters. The Morgan fingerprint density at radius 1 is 1.47 bits per heavy atom. The van der Waals surface area contributed by atoms with Crippen LogP contribution in [0, 0.1) is 11.3 Å². The Labute approximate surface area is 103 Å². The maximum atomic E-state index is 8.60. The maximum Gasteiger partial charge on any atom is 0.203 e. The molecule has 1 N–H and O–H groups in total. The van der Waals surface area contributed by atoms with E-state index in [1.807, 2.05) is 12.1 Å². The molecule has 94 valence electrons. The van der Waals surface area contributed by atoms with E-state index in [0.717, 1.165) is 25.3 Å². The molecule has 0 atom stereocenters. The molecule has 4 nitrogen and oxygen atoms in total. The number of hydrogen-bond donors (Lipinski definition) is 1.